The maximum absolute atomic E-state index is 9.72. The Kier molecular flexibility index (Phi) is 5.35. The molecular formula is C17H25N3O. The molecule has 4 nitrogen and oxygen atoms in total. The fraction of sp³-hybridized carbons (Fsp3) is 0.588. The average molecular weight is 287 g/mol. The zero-order valence-electron chi connectivity index (χ0n) is 13.2. The Bertz CT molecular complexity index is 485. The first-order valence-corrected chi connectivity index (χ1v) is 7.62. The summed E-state index contributed by atoms with van der Waals surface area (Å²) in [5.41, 5.74) is 0.409. The molecule has 4 heteroatoms. The monoisotopic (exact) mass is 287 g/mol. The second kappa shape index (κ2) is 7.04. The highest BCUT2D eigenvalue weighted by atomic mass is 16.5. The van der Waals surface area contributed by atoms with Gasteiger partial charge in [0.1, 0.15) is 5.54 Å². The Hall–Kier alpha value is -1.41. The van der Waals surface area contributed by atoms with E-state index in [0.717, 1.165) is 31.7 Å². The number of hydrogen-bond donors (Lipinski definition) is 1. The van der Waals surface area contributed by atoms with Crippen molar-refractivity contribution in [1.29, 1.82) is 5.26 Å². The molecule has 1 N–H and O–H groups in total. The second-order valence-electron chi connectivity index (χ2n) is 5.87. The predicted octanol–water partition coefficient (Wildman–Crippen LogP) is 2.12. The number of benzene rings is 1. The van der Waals surface area contributed by atoms with Crippen LogP contribution in [0.15, 0.2) is 30.3 Å². The summed E-state index contributed by atoms with van der Waals surface area (Å²) in [6.07, 6.45) is 1.03. The molecule has 3 unspecified atom stereocenters. The summed E-state index contributed by atoms with van der Waals surface area (Å²) in [4.78, 5) is 2.42. The number of nitrogens with zero attached hydrogens (tertiary/aromatic N) is 2. The molecule has 1 aliphatic rings. The fourth-order valence-corrected chi connectivity index (χ4v) is 2.91. The highest BCUT2D eigenvalue weighted by Gasteiger charge is 2.32. The summed E-state index contributed by atoms with van der Waals surface area (Å²) in [6.45, 7) is 6.87. The minimum absolute atomic E-state index is 0.268. The van der Waals surface area contributed by atoms with E-state index in [4.69, 9.17) is 4.74 Å². The van der Waals surface area contributed by atoms with Gasteiger partial charge in [0.15, 0.2) is 0 Å². The topological polar surface area (TPSA) is 48.3 Å². The molecule has 0 aromatic heterocycles. The maximum Gasteiger partial charge on any atom is 0.133 e. The molecule has 3 atom stereocenters. The Balaban J connectivity index is 2.09. The molecule has 1 aliphatic heterocycles. The Labute approximate surface area is 127 Å². The van der Waals surface area contributed by atoms with E-state index in [1.54, 1.807) is 0 Å². The lowest BCUT2D eigenvalue weighted by Crippen LogP contribution is -2.50. The highest BCUT2D eigenvalue weighted by molar-refractivity contribution is 5.31. The molecule has 1 fully saturated rings. The smallest absolute Gasteiger partial charge is 0.133 e. The molecule has 0 saturated carbocycles. The lowest BCUT2D eigenvalue weighted by Gasteiger charge is -2.38. The van der Waals surface area contributed by atoms with Crippen LogP contribution < -0.4 is 5.32 Å². The van der Waals surface area contributed by atoms with E-state index in [9.17, 15) is 5.26 Å². The van der Waals surface area contributed by atoms with E-state index < -0.39 is 5.54 Å². The van der Waals surface area contributed by atoms with Gasteiger partial charge in [-0.2, -0.15) is 5.26 Å². The van der Waals surface area contributed by atoms with Gasteiger partial charge in [0.2, 0.25) is 0 Å². The number of nitrogens with one attached hydrogen (secondary N) is 1. The van der Waals surface area contributed by atoms with Gasteiger partial charge in [-0.05, 0) is 32.9 Å². The third kappa shape index (κ3) is 3.62. The molecule has 0 radical (unpaired) electrons. The lowest BCUT2D eigenvalue weighted by atomic mass is 9.87. The molecule has 2 rings (SSSR count). The van der Waals surface area contributed by atoms with Crippen LogP contribution in [-0.4, -0.2) is 43.8 Å². The summed E-state index contributed by atoms with van der Waals surface area (Å²) in [6, 6.07) is 12.9. The van der Waals surface area contributed by atoms with Crippen LogP contribution in [0.3, 0.4) is 0 Å². The molecule has 1 heterocycles. The second-order valence-corrected chi connectivity index (χ2v) is 5.87. The van der Waals surface area contributed by atoms with Gasteiger partial charge in [0.25, 0.3) is 0 Å². The normalized spacial score (nSPS) is 26.0. The molecule has 0 amide bonds. The van der Waals surface area contributed by atoms with Gasteiger partial charge in [0, 0.05) is 19.1 Å². The Morgan fingerprint density at radius 2 is 2.10 bits per heavy atom. The Morgan fingerprint density at radius 1 is 1.38 bits per heavy atom. The van der Waals surface area contributed by atoms with Crippen molar-refractivity contribution in [3.05, 3.63) is 35.9 Å². The van der Waals surface area contributed by atoms with Crippen LogP contribution >= 0.6 is 0 Å². The van der Waals surface area contributed by atoms with Gasteiger partial charge in [0.05, 0.1) is 18.8 Å². The van der Waals surface area contributed by atoms with E-state index in [1.165, 1.54) is 0 Å². The van der Waals surface area contributed by atoms with Crippen molar-refractivity contribution in [2.75, 3.05) is 26.7 Å². The summed E-state index contributed by atoms with van der Waals surface area (Å²) in [7, 11) is 1.86. The van der Waals surface area contributed by atoms with E-state index >= 15 is 0 Å². The van der Waals surface area contributed by atoms with Crippen molar-refractivity contribution < 1.29 is 4.74 Å². The first-order chi connectivity index (χ1) is 10.1. The minimum atomic E-state index is -0.622. The van der Waals surface area contributed by atoms with Crippen LogP contribution in [0.25, 0.3) is 0 Å². The van der Waals surface area contributed by atoms with Gasteiger partial charge in [-0.3, -0.25) is 10.2 Å². The van der Waals surface area contributed by atoms with Crippen LogP contribution in [0, 0.1) is 11.3 Å². The Morgan fingerprint density at radius 3 is 2.71 bits per heavy atom. The van der Waals surface area contributed by atoms with Crippen LogP contribution in [0.1, 0.15) is 25.8 Å². The van der Waals surface area contributed by atoms with Crippen molar-refractivity contribution in [3.8, 4) is 6.07 Å². The highest BCUT2D eigenvalue weighted by Crippen LogP contribution is 2.25. The standard InChI is InChI=1S/C17H25N3O/c1-14-12-21-15(2)11-20(14)10-9-17(13-18,19-3)16-7-5-4-6-8-16/h4-8,14-15,19H,9-12H2,1-3H3. The van der Waals surface area contributed by atoms with Gasteiger partial charge in [-0.1, -0.05) is 30.3 Å². The van der Waals surface area contributed by atoms with E-state index in [2.05, 4.69) is 30.1 Å². The lowest BCUT2D eigenvalue weighted by molar-refractivity contribution is -0.0509. The van der Waals surface area contributed by atoms with Crippen molar-refractivity contribution in [2.45, 2.75) is 38.0 Å². The third-order valence-corrected chi connectivity index (χ3v) is 4.40. The SMILES string of the molecule is CNC(C#N)(CCN1CC(C)OCC1C)c1ccccc1. The summed E-state index contributed by atoms with van der Waals surface area (Å²) >= 11 is 0. The minimum Gasteiger partial charge on any atom is -0.376 e. The summed E-state index contributed by atoms with van der Waals surface area (Å²) in [5.74, 6) is 0. The molecule has 0 aliphatic carbocycles. The van der Waals surface area contributed by atoms with Gasteiger partial charge in [-0.15, -0.1) is 0 Å². The molecular weight excluding hydrogens is 262 g/mol. The first-order valence-electron chi connectivity index (χ1n) is 7.62. The van der Waals surface area contributed by atoms with E-state index in [0.29, 0.717) is 6.04 Å². The maximum atomic E-state index is 9.72. The van der Waals surface area contributed by atoms with Crippen molar-refractivity contribution in [2.24, 2.45) is 0 Å². The van der Waals surface area contributed by atoms with Gasteiger partial charge < -0.3 is 4.74 Å². The zero-order chi connectivity index (χ0) is 15.3. The molecule has 1 aromatic carbocycles. The van der Waals surface area contributed by atoms with Crippen LogP contribution in [0.2, 0.25) is 0 Å². The first kappa shape index (κ1) is 16.0. The van der Waals surface area contributed by atoms with Crippen molar-refractivity contribution >= 4 is 0 Å². The quantitative estimate of drug-likeness (QED) is 0.901. The molecule has 21 heavy (non-hydrogen) atoms. The number of rotatable bonds is 5. The molecule has 1 saturated heterocycles. The summed E-state index contributed by atoms with van der Waals surface area (Å²) < 4.78 is 5.67. The number of hydrogen-bond acceptors (Lipinski definition) is 4. The fourth-order valence-electron chi connectivity index (χ4n) is 2.91. The van der Waals surface area contributed by atoms with Crippen molar-refractivity contribution in [1.82, 2.24) is 10.2 Å². The van der Waals surface area contributed by atoms with Crippen molar-refractivity contribution in [3.63, 3.8) is 0 Å². The number of nitriles is 1. The summed E-state index contributed by atoms with van der Waals surface area (Å²) in [5, 5.41) is 12.9. The zero-order valence-corrected chi connectivity index (χ0v) is 13.2. The molecule has 0 spiro atoms. The van der Waals surface area contributed by atoms with E-state index in [1.807, 2.05) is 37.4 Å². The third-order valence-electron chi connectivity index (χ3n) is 4.40. The number of morpholine rings is 1. The largest absolute Gasteiger partial charge is 0.376 e. The van der Waals surface area contributed by atoms with E-state index in [-0.39, 0.29) is 6.10 Å². The average Bonchev–Trinajstić information content (AvgIpc) is 2.53. The van der Waals surface area contributed by atoms with Gasteiger partial charge in [-0.25, -0.2) is 0 Å². The molecule has 0 bridgehead atoms. The molecule has 114 valence electrons. The van der Waals surface area contributed by atoms with Gasteiger partial charge >= 0.3 is 0 Å². The van der Waals surface area contributed by atoms with Crippen LogP contribution in [0.5, 0.6) is 0 Å². The van der Waals surface area contributed by atoms with Crippen LogP contribution in [-0.2, 0) is 10.3 Å². The number of ether oxygens (including phenoxy) is 1. The van der Waals surface area contributed by atoms with Crippen LogP contribution in [0.4, 0.5) is 0 Å². The molecule has 1 aromatic rings. The predicted molar refractivity (Wildman–Crippen MR) is 83.9 cm³/mol.